The lowest BCUT2D eigenvalue weighted by Crippen LogP contribution is -2.05. The predicted octanol–water partition coefficient (Wildman–Crippen LogP) is 4.62. The zero-order chi connectivity index (χ0) is 16.5. The van der Waals surface area contributed by atoms with Crippen LogP contribution in [0.3, 0.4) is 0 Å². The number of phosphoric ester groups is 1. The topological polar surface area (TPSA) is 74.2 Å². The Morgan fingerprint density at radius 2 is 1.41 bits per heavy atom. The molecular formula is C15H33O6P. The van der Waals surface area contributed by atoms with E-state index in [4.69, 9.17) is 9.62 Å². The maximum absolute atomic E-state index is 11.4. The fraction of sp³-hybridized carbons (Fsp3) is 1.00. The van der Waals surface area contributed by atoms with Crippen molar-refractivity contribution in [2.24, 2.45) is 0 Å². The Morgan fingerprint density at radius 1 is 0.818 bits per heavy atom. The summed E-state index contributed by atoms with van der Waals surface area (Å²) >= 11 is 0. The highest BCUT2D eigenvalue weighted by atomic mass is 31.2. The second-order valence-electron chi connectivity index (χ2n) is 5.22. The molecule has 6 nitrogen and oxygen atoms in total. The molecule has 0 heterocycles. The van der Waals surface area contributed by atoms with Gasteiger partial charge in [0.15, 0.2) is 0 Å². The smallest absolute Gasteiger partial charge is 0.379 e. The SMILES string of the molecule is CCCCCCCCCCCOOP(=O)(O)OCCOCC. The lowest BCUT2D eigenvalue weighted by molar-refractivity contribution is -0.225. The van der Waals surface area contributed by atoms with Crippen LogP contribution in [0, 0.1) is 0 Å². The van der Waals surface area contributed by atoms with Gasteiger partial charge in [0.25, 0.3) is 0 Å². The number of ether oxygens (including phenoxy) is 1. The van der Waals surface area contributed by atoms with Crippen LogP contribution >= 0.6 is 7.82 Å². The summed E-state index contributed by atoms with van der Waals surface area (Å²) in [5.74, 6) is 0. The van der Waals surface area contributed by atoms with Crippen LogP contribution in [0.5, 0.6) is 0 Å². The van der Waals surface area contributed by atoms with E-state index in [9.17, 15) is 9.46 Å². The molecule has 0 aliphatic rings. The quantitative estimate of drug-likeness (QED) is 0.180. The van der Waals surface area contributed by atoms with E-state index in [1.807, 2.05) is 6.92 Å². The van der Waals surface area contributed by atoms with Gasteiger partial charge in [-0.2, -0.15) is 0 Å². The van der Waals surface area contributed by atoms with Crippen LogP contribution in [-0.2, 0) is 23.4 Å². The molecule has 0 aliphatic heterocycles. The standard InChI is InChI=1S/C15H33O6P/c1-3-5-6-7-8-9-10-11-12-13-19-21-22(16,17)20-15-14-18-4-2/h3-15H2,1-2H3,(H,16,17). The number of rotatable bonds is 17. The highest BCUT2D eigenvalue weighted by Crippen LogP contribution is 2.43. The Balaban J connectivity index is 3.28. The molecule has 0 saturated heterocycles. The fourth-order valence-electron chi connectivity index (χ4n) is 1.95. The minimum absolute atomic E-state index is 0.00299. The summed E-state index contributed by atoms with van der Waals surface area (Å²) in [6.45, 7) is 5.15. The maximum atomic E-state index is 11.4. The summed E-state index contributed by atoms with van der Waals surface area (Å²) in [5, 5.41) is 0. The molecule has 1 atom stereocenters. The van der Waals surface area contributed by atoms with Crippen LogP contribution < -0.4 is 0 Å². The number of hydrogen-bond acceptors (Lipinski definition) is 5. The summed E-state index contributed by atoms with van der Waals surface area (Å²) in [6, 6.07) is 0. The van der Waals surface area contributed by atoms with E-state index in [1.54, 1.807) is 0 Å². The van der Waals surface area contributed by atoms with E-state index in [0.717, 1.165) is 19.3 Å². The average molecular weight is 340 g/mol. The van der Waals surface area contributed by atoms with Gasteiger partial charge in [-0.15, -0.1) is 4.67 Å². The van der Waals surface area contributed by atoms with Crippen LogP contribution in [0.15, 0.2) is 0 Å². The largest absolute Gasteiger partial charge is 0.499 e. The minimum Gasteiger partial charge on any atom is -0.379 e. The second-order valence-corrected chi connectivity index (χ2v) is 6.57. The zero-order valence-corrected chi connectivity index (χ0v) is 15.0. The van der Waals surface area contributed by atoms with Crippen molar-refractivity contribution in [1.29, 1.82) is 0 Å². The molecule has 0 aromatic carbocycles. The van der Waals surface area contributed by atoms with E-state index in [-0.39, 0.29) is 13.2 Å². The summed E-state index contributed by atoms with van der Waals surface area (Å²) in [7, 11) is -4.11. The van der Waals surface area contributed by atoms with Crippen LogP contribution in [0.4, 0.5) is 0 Å². The van der Waals surface area contributed by atoms with Gasteiger partial charge in [0.1, 0.15) is 0 Å². The first kappa shape index (κ1) is 22.0. The molecule has 1 unspecified atom stereocenters. The normalized spacial score (nSPS) is 14.1. The Morgan fingerprint density at radius 3 is 2.00 bits per heavy atom. The Labute approximate surface area is 135 Å². The van der Waals surface area contributed by atoms with Gasteiger partial charge in [0.2, 0.25) is 0 Å². The molecule has 0 saturated carbocycles. The van der Waals surface area contributed by atoms with Crippen molar-refractivity contribution in [3.05, 3.63) is 0 Å². The van der Waals surface area contributed by atoms with Crippen molar-refractivity contribution < 1.29 is 28.3 Å². The van der Waals surface area contributed by atoms with E-state index >= 15 is 0 Å². The van der Waals surface area contributed by atoms with Crippen molar-refractivity contribution in [2.45, 2.75) is 71.6 Å². The van der Waals surface area contributed by atoms with Gasteiger partial charge >= 0.3 is 7.82 Å². The van der Waals surface area contributed by atoms with Crippen LogP contribution in [0.1, 0.15) is 71.6 Å². The van der Waals surface area contributed by atoms with Crippen molar-refractivity contribution >= 4 is 7.82 Å². The van der Waals surface area contributed by atoms with Crippen molar-refractivity contribution in [1.82, 2.24) is 0 Å². The molecule has 0 spiro atoms. The third kappa shape index (κ3) is 16.4. The van der Waals surface area contributed by atoms with Crippen molar-refractivity contribution in [3.8, 4) is 0 Å². The Hall–Kier alpha value is 0.0300. The molecule has 0 aliphatic carbocycles. The summed E-state index contributed by atoms with van der Waals surface area (Å²) < 4.78 is 25.4. The van der Waals surface area contributed by atoms with E-state index in [1.165, 1.54) is 38.5 Å². The summed E-state index contributed by atoms with van der Waals surface area (Å²) in [4.78, 5) is 14.0. The first-order valence-electron chi connectivity index (χ1n) is 8.48. The molecule has 0 rings (SSSR count). The third-order valence-electron chi connectivity index (χ3n) is 3.16. The molecular weight excluding hydrogens is 307 g/mol. The molecule has 0 fully saturated rings. The van der Waals surface area contributed by atoms with E-state index in [0.29, 0.717) is 13.2 Å². The van der Waals surface area contributed by atoms with Crippen molar-refractivity contribution in [2.75, 3.05) is 26.4 Å². The molecule has 0 amide bonds. The maximum Gasteiger partial charge on any atom is 0.499 e. The number of phosphoric acid groups is 1. The van der Waals surface area contributed by atoms with Gasteiger partial charge < -0.3 is 9.63 Å². The van der Waals surface area contributed by atoms with Gasteiger partial charge in [0, 0.05) is 6.61 Å². The predicted molar refractivity (Wildman–Crippen MR) is 86.5 cm³/mol. The summed E-state index contributed by atoms with van der Waals surface area (Å²) in [6.07, 6.45) is 10.8. The van der Waals surface area contributed by atoms with Crippen LogP contribution in [-0.4, -0.2) is 31.3 Å². The van der Waals surface area contributed by atoms with Gasteiger partial charge in [0.05, 0.1) is 19.8 Å². The Kier molecular flexibility index (Phi) is 15.9. The molecule has 0 bridgehead atoms. The van der Waals surface area contributed by atoms with E-state index in [2.05, 4.69) is 16.1 Å². The van der Waals surface area contributed by atoms with E-state index < -0.39 is 7.82 Å². The summed E-state index contributed by atoms with van der Waals surface area (Å²) in [5.41, 5.74) is 0. The number of unbranched alkanes of at least 4 members (excludes halogenated alkanes) is 8. The van der Waals surface area contributed by atoms with Gasteiger partial charge in [-0.25, -0.2) is 9.45 Å². The lowest BCUT2D eigenvalue weighted by Gasteiger charge is -2.10. The van der Waals surface area contributed by atoms with Crippen LogP contribution in [0.2, 0.25) is 0 Å². The molecule has 0 aromatic rings. The van der Waals surface area contributed by atoms with Gasteiger partial charge in [-0.3, -0.25) is 4.52 Å². The van der Waals surface area contributed by atoms with Crippen LogP contribution in [0.25, 0.3) is 0 Å². The zero-order valence-electron chi connectivity index (χ0n) is 14.1. The Bertz CT molecular complexity index is 275. The first-order chi connectivity index (χ1) is 10.6. The third-order valence-corrected chi connectivity index (χ3v) is 3.97. The average Bonchev–Trinajstić information content (AvgIpc) is 2.49. The molecule has 0 aromatic heterocycles. The fourth-order valence-corrected chi connectivity index (χ4v) is 2.51. The van der Waals surface area contributed by atoms with Gasteiger partial charge in [-0.05, 0) is 13.3 Å². The molecule has 7 heteroatoms. The first-order valence-corrected chi connectivity index (χ1v) is 9.98. The molecule has 134 valence electrons. The highest BCUT2D eigenvalue weighted by molar-refractivity contribution is 7.47. The monoisotopic (exact) mass is 340 g/mol. The second kappa shape index (κ2) is 15.9. The lowest BCUT2D eigenvalue weighted by atomic mass is 10.1. The molecule has 1 N–H and O–H groups in total. The van der Waals surface area contributed by atoms with Gasteiger partial charge in [-0.1, -0.05) is 58.3 Å². The minimum atomic E-state index is -4.11. The van der Waals surface area contributed by atoms with Crippen molar-refractivity contribution in [3.63, 3.8) is 0 Å². The molecule has 0 radical (unpaired) electrons. The highest BCUT2D eigenvalue weighted by Gasteiger charge is 2.22. The molecule has 22 heavy (non-hydrogen) atoms. The number of hydrogen-bond donors (Lipinski definition) is 1.